The molecule has 0 aromatic carbocycles. The van der Waals surface area contributed by atoms with Gasteiger partial charge in [0.05, 0.1) is 18.5 Å². The van der Waals surface area contributed by atoms with Gasteiger partial charge in [0.2, 0.25) is 5.95 Å². The number of imidazole rings is 1. The Labute approximate surface area is 183 Å². The Balaban J connectivity index is 1.77. The van der Waals surface area contributed by atoms with E-state index in [1.807, 2.05) is 0 Å². The Morgan fingerprint density at radius 1 is 1.15 bits per heavy atom. The SMILES string of the molecule is C[C@@]1(N)[C@H](O)[C@@H](COP(=O)(O)OP(=O)(O)OP(=O)(O)O)O[C@H]1n1cnc2c(N)nc(N)nc21. The molecule has 0 aliphatic carbocycles. The fourth-order valence-electron chi connectivity index (χ4n) is 3.03. The molecule has 1 aliphatic rings. The third kappa shape index (κ3) is 5.75. The molecule has 2 aromatic heterocycles. The number of phosphoric ester groups is 1. The summed E-state index contributed by atoms with van der Waals surface area (Å²) >= 11 is 0. The fraction of sp³-hybridized carbons (Fsp3) is 0.545. The number of aromatic nitrogens is 4. The Kier molecular flexibility index (Phi) is 6.78. The third-order valence-corrected chi connectivity index (χ3v) is 8.16. The van der Waals surface area contributed by atoms with Crippen molar-refractivity contribution >= 4 is 46.4 Å². The summed E-state index contributed by atoms with van der Waals surface area (Å²) in [5, 5.41) is 10.6. The predicted molar refractivity (Wildman–Crippen MR) is 106 cm³/mol. The lowest BCUT2D eigenvalue weighted by Crippen LogP contribution is -2.52. The minimum atomic E-state index is -5.71. The second-order valence-electron chi connectivity index (χ2n) is 7.02. The molecule has 3 rings (SSSR count). The van der Waals surface area contributed by atoms with Crippen molar-refractivity contribution in [2.75, 3.05) is 18.1 Å². The summed E-state index contributed by atoms with van der Waals surface area (Å²) in [5.74, 6) is -0.207. The van der Waals surface area contributed by atoms with Gasteiger partial charge in [-0.3, -0.25) is 9.09 Å². The minimum Gasteiger partial charge on any atom is -0.388 e. The third-order valence-electron chi connectivity index (χ3n) is 4.36. The van der Waals surface area contributed by atoms with Crippen LogP contribution < -0.4 is 17.2 Å². The van der Waals surface area contributed by atoms with Crippen molar-refractivity contribution < 1.29 is 56.3 Å². The number of hydrogen-bond acceptors (Lipinski definition) is 14. The number of aliphatic hydroxyl groups is 1. The molecule has 11 N–H and O–H groups in total. The second kappa shape index (κ2) is 8.58. The van der Waals surface area contributed by atoms with Gasteiger partial charge in [-0.2, -0.15) is 18.6 Å². The Morgan fingerprint density at radius 3 is 2.39 bits per heavy atom. The monoisotopic (exact) mass is 535 g/mol. The van der Waals surface area contributed by atoms with E-state index in [1.165, 1.54) is 17.8 Å². The van der Waals surface area contributed by atoms with Crippen molar-refractivity contribution in [2.24, 2.45) is 5.73 Å². The molecular weight excluding hydrogens is 515 g/mol. The summed E-state index contributed by atoms with van der Waals surface area (Å²) < 4.78 is 52.7. The van der Waals surface area contributed by atoms with E-state index in [0.29, 0.717) is 0 Å². The van der Waals surface area contributed by atoms with Gasteiger partial charge in [0.25, 0.3) is 0 Å². The van der Waals surface area contributed by atoms with Gasteiger partial charge in [0, 0.05) is 0 Å². The van der Waals surface area contributed by atoms with Crippen molar-refractivity contribution in [1.82, 2.24) is 19.5 Å². The van der Waals surface area contributed by atoms with Crippen LogP contribution in [0.15, 0.2) is 6.33 Å². The van der Waals surface area contributed by atoms with Crippen molar-refractivity contribution in [1.29, 1.82) is 0 Å². The quantitative estimate of drug-likeness (QED) is 0.175. The van der Waals surface area contributed by atoms with Gasteiger partial charge < -0.3 is 46.6 Å². The zero-order chi connectivity index (χ0) is 25.0. The van der Waals surface area contributed by atoms with Crippen molar-refractivity contribution in [3.8, 4) is 0 Å². The second-order valence-corrected chi connectivity index (χ2v) is 11.4. The molecule has 1 aliphatic heterocycles. The highest BCUT2D eigenvalue weighted by molar-refractivity contribution is 7.66. The first-order valence-electron chi connectivity index (χ1n) is 8.58. The average molecular weight is 535 g/mol. The smallest absolute Gasteiger partial charge is 0.388 e. The van der Waals surface area contributed by atoms with E-state index in [2.05, 4.69) is 28.1 Å². The van der Waals surface area contributed by atoms with Crippen LogP contribution in [0.1, 0.15) is 13.2 Å². The molecule has 2 aromatic rings. The Morgan fingerprint density at radius 2 is 1.79 bits per heavy atom. The zero-order valence-electron chi connectivity index (χ0n) is 16.5. The molecule has 6 atom stereocenters. The highest BCUT2D eigenvalue weighted by Crippen LogP contribution is 2.66. The first kappa shape index (κ1) is 26.1. The number of nitrogens with zero attached hydrogens (tertiary/aromatic N) is 4. The maximum Gasteiger partial charge on any atom is 0.490 e. The molecule has 1 saturated heterocycles. The lowest BCUT2D eigenvalue weighted by molar-refractivity contribution is -0.0447. The van der Waals surface area contributed by atoms with E-state index in [9.17, 15) is 28.6 Å². The van der Waals surface area contributed by atoms with Gasteiger partial charge >= 0.3 is 23.5 Å². The number of anilines is 2. The summed E-state index contributed by atoms with van der Waals surface area (Å²) in [6.45, 7) is 0.465. The zero-order valence-corrected chi connectivity index (χ0v) is 19.2. The number of nitrogens with two attached hydrogens (primary N) is 3. The Hall–Kier alpha value is -1.56. The summed E-state index contributed by atoms with van der Waals surface area (Å²) in [5.41, 5.74) is 16.2. The molecule has 22 heteroatoms. The van der Waals surface area contributed by atoms with Crippen molar-refractivity contribution in [3.05, 3.63) is 6.33 Å². The van der Waals surface area contributed by atoms with E-state index < -0.39 is 54.0 Å². The van der Waals surface area contributed by atoms with Crippen LogP contribution in [0.25, 0.3) is 11.2 Å². The van der Waals surface area contributed by atoms with Crippen LogP contribution in [0.2, 0.25) is 0 Å². The number of fused-ring (bicyclic) bond motifs is 1. The molecule has 1 fully saturated rings. The van der Waals surface area contributed by atoms with Crippen LogP contribution in [0.3, 0.4) is 0 Å². The van der Waals surface area contributed by atoms with Crippen LogP contribution in [0.5, 0.6) is 0 Å². The van der Waals surface area contributed by atoms with Crippen LogP contribution in [-0.2, 0) is 31.6 Å². The number of rotatable bonds is 8. The summed E-state index contributed by atoms with van der Waals surface area (Å²) in [4.78, 5) is 47.7. The molecule has 186 valence electrons. The standard InChI is InChI=1S/C11H20N7O12P3/c1-11(14)6(19)4(2-27-32(23,24)30-33(25,26)29-31(20,21)22)28-9(11)18-3-15-5-7(12)16-10(13)17-8(5)18/h3-4,6,9,19H,2,14H2,1H3,(H,23,24)(H,25,26)(H2,20,21,22)(H4,12,13,16,17)/t4-,6-,9-,11-/m1/s1. The summed E-state index contributed by atoms with van der Waals surface area (Å²) in [6, 6.07) is 0. The van der Waals surface area contributed by atoms with Gasteiger partial charge in [0.1, 0.15) is 17.7 Å². The number of phosphoric acid groups is 3. The minimum absolute atomic E-state index is 0.0299. The molecular formula is C11H20N7O12P3. The normalized spacial score (nSPS) is 29.7. The average Bonchev–Trinajstić information content (AvgIpc) is 3.10. The van der Waals surface area contributed by atoms with Gasteiger partial charge in [-0.25, -0.2) is 18.7 Å². The van der Waals surface area contributed by atoms with Gasteiger partial charge in [0.15, 0.2) is 17.7 Å². The first-order valence-corrected chi connectivity index (χ1v) is 13.1. The molecule has 3 heterocycles. The van der Waals surface area contributed by atoms with Gasteiger partial charge in [-0.1, -0.05) is 0 Å². The van der Waals surface area contributed by atoms with E-state index in [-0.39, 0.29) is 22.9 Å². The van der Waals surface area contributed by atoms with E-state index >= 15 is 0 Å². The number of aliphatic hydroxyl groups excluding tert-OH is 1. The van der Waals surface area contributed by atoms with Crippen LogP contribution in [0.4, 0.5) is 11.8 Å². The van der Waals surface area contributed by atoms with Crippen molar-refractivity contribution in [2.45, 2.75) is 30.9 Å². The number of ether oxygens (including phenoxy) is 1. The summed E-state index contributed by atoms with van der Waals surface area (Å²) in [6.07, 6.45) is -2.88. The van der Waals surface area contributed by atoms with Crippen LogP contribution in [0, 0.1) is 0 Å². The number of hydrogen-bond donors (Lipinski definition) is 8. The molecule has 0 spiro atoms. The van der Waals surface area contributed by atoms with E-state index in [1.54, 1.807) is 0 Å². The highest BCUT2D eigenvalue weighted by Gasteiger charge is 2.53. The molecule has 0 radical (unpaired) electrons. The topological polar surface area (TPSA) is 311 Å². The molecule has 19 nitrogen and oxygen atoms in total. The molecule has 0 bridgehead atoms. The Bertz CT molecular complexity index is 1200. The fourth-order valence-corrected chi connectivity index (χ4v) is 6.06. The summed E-state index contributed by atoms with van der Waals surface area (Å²) in [7, 11) is -16.7. The van der Waals surface area contributed by atoms with E-state index in [0.717, 1.165) is 0 Å². The highest BCUT2D eigenvalue weighted by atomic mass is 31.3. The molecule has 2 unspecified atom stereocenters. The first-order chi connectivity index (χ1) is 14.9. The molecule has 33 heavy (non-hydrogen) atoms. The molecule has 0 saturated carbocycles. The predicted octanol–water partition coefficient (Wildman–Crippen LogP) is -1.69. The largest absolute Gasteiger partial charge is 0.490 e. The van der Waals surface area contributed by atoms with Crippen molar-refractivity contribution in [3.63, 3.8) is 0 Å². The van der Waals surface area contributed by atoms with Gasteiger partial charge in [-0.05, 0) is 6.92 Å². The lowest BCUT2D eigenvalue weighted by Gasteiger charge is -2.28. The number of nitrogen functional groups attached to an aromatic ring is 2. The molecule has 0 amide bonds. The van der Waals surface area contributed by atoms with Crippen LogP contribution in [-0.4, -0.2) is 68.6 Å². The van der Waals surface area contributed by atoms with E-state index in [4.69, 9.17) is 31.7 Å². The maximum atomic E-state index is 11.9. The lowest BCUT2D eigenvalue weighted by atomic mass is 9.93. The van der Waals surface area contributed by atoms with Crippen LogP contribution >= 0.6 is 23.5 Å². The van der Waals surface area contributed by atoms with Gasteiger partial charge in [-0.15, -0.1) is 0 Å². The maximum absolute atomic E-state index is 11.9.